The van der Waals surface area contributed by atoms with Gasteiger partial charge in [0.15, 0.2) is 5.82 Å². The second-order valence-electron chi connectivity index (χ2n) is 4.47. The van der Waals surface area contributed by atoms with Gasteiger partial charge in [-0.15, -0.1) is 5.10 Å². The predicted octanol–water partition coefficient (Wildman–Crippen LogP) is 1.61. The van der Waals surface area contributed by atoms with E-state index in [-0.39, 0.29) is 5.82 Å². The Bertz CT molecular complexity index is 535. The SMILES string of the molecule is Cc1cc(F)ccc1-n1nnnc1CNC(C)C. The lowest BCUT2D eigenvalue weighted by molar-refractivity contribution is 0.562. The summed E-state index contributed by atoms with van der Waals surface area (Å²) >= 11 is 0. The summed E-state index contributed by atoms with van der Waals surface area (Å²) in [6, 6.07) is 4.91. The van der Waals surface area contributed by atoms with E-state index < -0.39 is 0 Å². The molecule has 0 unspecified atom stereocenters. The molecule has 0 radical (unpaired) electrons. The van der Waals surface area contributed by atoms with Gasteiger partial charge in [-0.2, -0.15) is 4.68 Å². The van der Waals surface area contributed by atoms with E-state index in [2.05, 4.69) is 34.7 Å². The Balaban J connectivity index is 2.30. The molecule has 5 nitrogen and oxygen atoms in total. The van der Waals surface area contributed by atoms with Crippen LogP contribution in [-0.4, -0.2) is 26.2 Å². The summed E-state index contributed by atoms with van der Waals surface area (Å²) in [5.41, 5.74) is 1.59. The maximum atomic E-state index is 13.1. The molecule has 1 aromatic heterocycles. The number of nitrogens with zero attached hydrogens (tertiary/aromatic N) is 4. The number of rotatable bonds is 4. The largest absolute Gasteiger partial charge is 0.308 e. The lowest BCUT2D eigenvalue weighted by atomic mass is 10.2. The zero-order valence-electron chi connectivity index (χ0n) is 10.7. The van der Waals surface area contributed by atoms with E-state index in [4.69, 9.17) is 0 Å². The van der Waals surface area contributed by atoms with Gasteiger partial charge in [-0.25, -0.2) is 4.39 Å². The van der Waals surface area contributed by atoms with Crippen molar-refractivity contribution >= 4 is 0 Å². The van der Waals surface area contributed by atoms with Crippen LogP contribution >= 0.6 is 0 Å². The Morgan fingerprint density at radius 2 is 2.17 bits per heavy atom. The summed E-state index contributed by atoms with van der Waals surface area (Å²) in [6.45, 7) is 6.51. The zero-order valence-corrected chi connectivity index (χ0v) is 10.7. The van der Waals surface area contributed by atoms with Crippen molar-refractivity contribution in [1.29, 1.82) is 0 Å². The van der Waals surface area contributed by atoms with Gasteiger partial charge >= 0.3 is 0 Å². The normalized spacial score (nSPS) is 11.2. The molecule has 0 aliphatic carbocycles. The molecule has 6 heteroatoms. The van der Waals surface area contributed by atoms with Crippen LogP contribution in [0.2, 0.25) is 0 Å². The second-order valence-corrected chi connectivity index (χ2v) is 4.47. The van der Waals surface area contributed by atoms with Crippen LogP contribution in [0.15, 0.2) is 18.2 Å². The smallest absolute Gasteiger partial charge is 0.170 e. The minimum atomic E-state index is -0.258. The molecule has 1 N–H and O–H groups in total. The highest BCUT2D eigenvalue weighted by Gasteiger charge is 2.11. The number of benzene rings is 1. The average molecular weight is 249 g/mol. The Morgan fingerprint density at radius 3 is 2.83 bits per heavy atom. The molecule has 1 aromatic carbocycles. The van der Waals surface area contributed by atoms with Gasteiger partial charge < -0.3 is 5.32 Å². The molecule has 0 aliphatic heterocycles. The highest BCUT2D eigenvalue weighted by Crippen LogP contribution is 2.15. The number of aryl methyl sites for hydroxylation is 1. The monoisotopic (exact) mass is 249 g/mol. The molecule has 0 saturated heterocycles. The number of hydrogen-bond acceptors (Lipinski definition) is 4. The highest BCUT2D eigenvalue weighted by atomic mass is 19.1. The van der Waals surface area contributed by atoms with E-state index in [1.807, 2.05) is 6.92 Å². The van der Waals surface area contributed by atoms with Crippen molar-refractivity contribution in [2.45, 2.75) is 33.4 Å². The van der Waals surface area contributed by atoms with Crippen LogP contribution < -0.4 is 5.32 Å². The van der Waals surface area contributed by atoms with Gasteiger partial charge in [0.05, 0.1) is 12.2 Å². The molecule has 0 bridgehead atoms. The Morgan fingerprint density at radius 1 is 1.39 bits per heavy atom. The first kappa shape index (κ1) is 12.6. The van der Waals surface area contributed by atoms with Gasteiger partial charge in [0, 0.05) is 6.04 Å². The summed E-state index contributed by atoms with van der Waals surface area (Å²) in [4.78, 5) is 0. The summed E-state index contributed by atoms with van der Waals surface area (Å²) < 4.78 is 14.7. The standard InChI is InChI=1S/C12H16FN5/c1-8(2)14-7-12-15-16-17-18(12)11-5-4-10(13)6-9(11)3/h4-6,8,14H,7H2,1-3H3. The molecule has 18 heavy (non-hydrogen) atoms. The maximum Gasteiger partial charge on any atom is 0.170 e. The van der Waals surface area contributed by atoms with Crippen molar-refractivity contribution in [3.63, 3.8) is 0 Å². The van der Waals surface area contributed by atoms with Crippen LogP contribution in [0.5, 0.6) is 0 Å². The van der Waals surface area contributed by atoms with Crippen LogP contribution in [-0.2, 0) is 6.54 Å². The first-order valence-corrected chi connectivity index (χ1v) is 5.85. The minimum Gasteiger partial charge on any atom is -0.308 e. The van der Waals surface area contributed by atoms with E-state index in [1.165, 1.54) is 12.1 Å². The van der Waals surface area contributed by atoms with Crippen molar-refractivity contribution in [2.24, 2.45) is 0 Å². The van der Waals surface area contributed by atoms with Gasteiger partial charge in [0.2, 0.25) is 0 Å². The molecular formula is C12H16FN5. The number of nitrogens with one attached hydrogen (secondary N) is 1. The van der Waals surface area contributed by atoms with Crippen molar-refractivity contribution in [3.8, 4) is 5.69 Å². The van der Waals surface area contributed by atoms with Gasteiger partial charge in [0.25, 0.3) is 0 Å². The molecule has 0 fully saturated rings. The fraction of sp³-hybridized carbons (Fsp3) is 0.417. The van der Waals surface area contributed by atoms with E-state index >= 15 is 0 Å². The van der Waals surface area contributed by atoms with Crippen LogP contribution in [0.1, 0.15) is 25.2 Å². The van der Waals surface area contributed by atoms with E-state index in [0.29, 0.717) is 18.4 Å². The molecule has 1 heterocycles. The van der Waals surface area contributed by atoms with Crippen LogP contribution in [0, 0.1) is 12.7 Å². The number of aromatic nitrogens is 4. The molecule has 0 spiro atoms. The molecular weight excluding hydrogens is 233 g/mol. The Hall–Kier alpha value is -1.82. The second kappa shape index (κ2) is 5.22. The topological polar surface area (TPSA) is 55.6 Å². The maximum absolute atomic E-state index is 13.1. The molecule has 0 aliphatic rings. The Labute approximate surface area is 105 Å². The summed E-state index contributed by atoms with van der Waals surface area (Å²) in [7, 11) is 0. The molecule has 0 saturated carbocycles. The number of hydrogen-bond donors (Lipinski definition) is 1. The first-order valence-electron chi connectivity index (χ1n) is 5.85. The fourth-order valence-corrected chi connectivity index (χ4v) is 1.65. The first-order chi connectivity index (χ1) is 8.58. The number of tetrazole rings is 1. The van der Waals surface area contributed by atoms with Crippen molar-refractivity contribution < 1.29 is 4.39 Å². The number of halogens is 1. The predicted molar refractivity (Wildman–Crippen MR) is 65.8 cm³/mol. The van der Waals surface area contributed by atoms with Gasteiger partial charge in [0.1, 0.15) is 5.82 Å². The zero-order chi connectivity index (χ0) is 13.1. The van der Waals surface area contributed by atoms with E-state index in [0.717, 1.165) is 11.3 Å². The molecule has 2 rings (SSSR count). The molecule has 96 valence electrons. The summed E-state index contributed by atoms with van der Waals surface area (Å²) in [6.07, 6.45) is 0. The third-order valence-corrected chi connectivity index (χ3v) is 2.59. The molecule has 0 amide bonds. The van der Waals surface area contributed by atoms with Crippen LogP contribution in [0.25, 0.3) is 5.69 Å². The highest BCUT2D eigenvalue weighted by molar-refractivity contribution is 5.39. The van der Waals surface area contributed by atoms with Gasteiger partial charge in [-0.05, 0) is 41.1 Å². The van der Waals surface area contributed by atoms with Crippen molar-refractivity contribution in [2.75, 3.05) is 0 Å². The summed E-state index contributed by atoms with van der Waals surface area (Å²) in [5, 5.41) is 14.8. The van der Waals surface area contributed by atoms with Crippen LogP contribution in [0.4, 0.5) is 4.39 Å². The van der Waals surface area contributed by atoms with E-state index in [9.17, 15) is 4.39 Å². The third-order valence-electron chi connectivity index (χ3n) is 2.59. The third kappa shape index (κ3) is 2.70. The van der Waals surface area contributed by atoms with Gasteiger partial charge in [-0.1, -0.05) is 13.8 Å². The average Bonchev–Trinajstić information content (AvgIpc) is 2.74. The minimum absolute atomic E-state index is 0.258. The molecule has 2 aromatic rings. The van der Waals surface area contributed by atoms with Crippen molar-refractivity contribution in [3.05, 3.63) is 35.4 Å². The fourth-order valence-electron chi connectivity index (χ4n) is 1.65. The van der Waals surface area contributed by atoms with Crippen LogP contribution in [0.3, 0.4) is 0 Å². The lowest BCUT2D eigenvalue weighted by Gasteiger charge is -2.10. The van der Waals surface area contributed by atoms with Gasteiger partial charge in [-0.3, -0.25) is 0 Å². The van der Waals surface area contributed by atoms with Crippen molar-refractivity contribution in [1.82, 2.24) is 25.5 Å². The lowest BCUT2D eigenvalue weighted by Crippen LogP contribution is -2.24. The quantitative estimate of drug-likeness (QED) is 0.894. The summed E-state index contributed by atoms with van der Waals surface area (Å²) in [5.74, 6) is 0.449. The van der Waals surface area contributed by atoms with E-state index in [1.54, 1.807) is 10.7 Å². The molecule has 0 atom stereocenters. The Kier molecular flexibility index (Phi) is 3.66.